The van der Waals surface area contributed by atoms with E-state index >= 15 is 0 Å². The molecule has 6 rings (SSSR count). The Bertz CT molecular complexity index is 1570. The zero-order chi connectivity index (χ0) is 22.2. The summed E-state index contributed by atoms with van der Waals surface area (Å²) in [5.74, 6) is 0.285. The van der Waals surface area contributed by atoms with Gasteiger partial charge in [-0.25, -0.2) is 0 Å². The molecule has 0 saturated carbocycles. The number of rotatable bonds is 4. The summed E-state index contributed by atoms with van der Waals surface area (Å²) < 4.78 is 6.45. The molecule has 0 fully saturated rings. The van der Waals surface area contributed by atoms with E-state index in [1.807, 2.05) is 18.3 Å². The Kier molecular flexibility index (Phi) is 4.77. The molecule has 1 atom stereocenters. The predicted octanol–water partition coefficient (Wildman–Crippen LogP) is 8.47. The molecule has 33 heavy (non-hydrogen) atoms. The van der Waals surface area contributed by atoms with Crippen molar-refractivity contribution in [1.29, 1.82) is 0 Å². The van der Waals surface area contributed by atoms with Crippen LogP contribution in [0.15, 0.2) is 120 Å². The highest BCUT2D eigenvalue weighted by Gasteiger charge is 2.17. The molecule has 2 nitrogen and oxygen atoms in total. The smallest absolute Gasteiger partial charge is 0.144 e. The van der Waals surface area contributed by atoms with E-state index in [1.165, 1.54) is 22.3 Å². The van der Waals surface area contributed by atoms with Gasteiger partial charge in [-0.05, 0) is 46.5 Å². The largest absolute Gasteiger partial charge is 0.455 e. The number of benzene rings is 4. The number of pyridine rings is 1. The monoisotopic (exact) mass is 425 g/mol. The second-order valence-electron chi connectivity index (χ2n) is 8.44. The molecule has 0 bridgehead atoms. The minimum atomic E-state index is 0.285. The van der Waals surface area contributed by atoms with Crippen molar-refractivity contribution in [2.45, 2.75) is 12.8 Å². The van der Waals surface area contributed by atoms with Crippen LogP contribution < -0.4 is 0 Å². The fourth-order valence-electron chi connectivity index (χ4n) is 4.71. The van der Waals surface area contributed by atoms with E-state index in [2.05, 4.69) is 104 Å². The predicted molar refractivity (Wildman–Crippen MR) is 136 cm³/mol. The minimum Gasteiger partial charge on any atom is -0.455 e. The quantitative estimate of drug-likeness (QED) is 0.283. The summed E-state index contributed by atoms with van der Waals surface area (Å²) in [6, 6.07) is 38.0. The lowest BCUT2D eigenvalue weighted by atomic mass is 9.92. The highest BCUT2D eigenvalue weighted by Crippen LogP contribution is 2.40. The molecule has 4 aromatic carbocycles. The van der Waals surface area contributed by atoms with Crippen LogP contribution in [0, 0.1) is 0 Å². The third-order valence-electron chi connectivity index (χ3n) is 6.47. The molecule has 0 aliphatic heterocycles. The first-order valence-electron chi connectivity index (χ1n) is 11.3. The summed E-state index contributed by atoms with van der Waals surface area (Å²) in [5.41, 5.74) is 8.64. The lowest BCUT2D eigenvalue weighted by molar-refractivity contribution is 0.670. The van der Waals surface area contributed by atoms with Crippen molar-refractivity contribution in [2.24, 2.45) is 0 Å². The Hall–Kier alpha value is -4.17. The van der Waals surface area contributed by atoms with Crippen molar-refractivity contribution in [3.05, 3.63) is 127 Å². The van der Waals surface area contributed by atoms with Crippen molar-refractivity contribution in [3.63, 3.8) is 0 Å². The van der Waals surface area contributed by atoms with Gasteiger partial charge in [0, 0.05) is 28.5 Å². The summed E-state index contributed by atoms with van der Waals surface area (Å²) in [7, 11) is 0. The van der Waals surface area contributed by atoms with Crippen molar-refractivity contribution < 1.29 is 4.42 Å². The number of nitrogens with zero attached hydrogens (tertiary/aromatic N) is 1. The summed E-state index contributed by atoms with van der Waals surface area (Å²) in [5, 5.41) is 2.26. The van der Waals surface area contributed by atoms with Gasteiger partial charge < -0.3 is 4.42 Å². The van der Waals surface area contributed by atoms with Gasteiger partial charge in [0.1, 0.15) is 11.2 Å². The SMILES string of the molecule is CC(c1ccccc1)c1ccnc(-c2cccc3c2oc2cccc(-c4ccccc4)c23)c1. The standard InChI is InChI=1S/C31H23NO/c1-21(22-10-4-2-5-11-22)24-18-19-32-28(20-24)26-15-8-16-27-30-25(23-12-6-3-7-13-23)14-9-17-29(30)33-31(26)27/h2-21H,1H3. The zero-order valence-electron chi connectivity index (χ0n) is 18.4. The van der Waals surface area contributed by atoms with E-state index in [4.69, 9.17) is 9.40 Å². The van der Waals surface area contributed by atoms with Crippen LogP contribution in [-0.4, -0.2) is 4.98 Å². The molecule has 1 unspecified atom stereocenters. The molecular formula is C31H23NO. The Morgan fingerprint density at radius 1 is 0.667 bits per heavy atom. The highest BCUT2D eigenvalue weighted by molar-refractivity contribution is 6.15. The van der Waals surface area contributed by atoms with E-state index in [9.17, 15) is 0 Å². The molecule has 2 aromatic heterocycles. The first-order chi connectivity index (χ1) is 16.3. The molecule has 0 radical (unpaired) electrons. The molecule has 0 N–H and O–H groups in total. The van der Waals surface area contributed by atoms with Crippen LogP contribution in [0.4, 0.5) is 0 Å². The molecular weight excluding hydrogens is 402 g/mol. The summed E-state index contributed by atoms with van der Waals surface area (Å²) >= 11 is 0. The summed E-state index contributed by atoms with van der Waals surface area (Å²) in [4.78, 5) is 4.73. The summed E-state index contributed by atoms with van der Waals surface area (Å²) in [6.45, 7) is 2.24. The maximum atomic E-state index is 6.45. The molecule has 2 heteroatoms. The van der Waals surface area contributed by atoms with E-state index in [1.54, 1.807) is 0 Å². The van der Waals surface area contributed by atoms with Gasteiger partial charge in [-0.3, -0.25) is 4.98 Å². The Balaban J connectivity index is 1.52. The number of hydrogen-bond acceptors (Lipinski definition) is 2. The first kappa shape index (κ1) is 19.5. The van der Waals surface area contributed by atoms with Crippen molar-refractivity contribution in [2.75, 3.05) is 0 Å². The van der Waals surface area contributed by atoms with Crippen LogP contribution in [0.25, 0.3) is 44.3 Å². The van der Waals surface area contributed by atoms with Gasteiger partial charge in [0.25, 0.3) is 0 Å². The fourth-order valence-corrected chi connectivity index (χ4v) is 4.71. The molecule has 0 amide bonds. The van der Waals surface area contributed by atoms with Gasteiger partial charge in [0.2, 0.25) is 0 Å². The van der Waals surface area contributed by atoms with E-state index in [-0.39, 0.29) is 5.92 Å². The van der Waals surface area contributed by atoms with Gasteiger partial charge in [-0.1, -0.05) is 91.9 Å². The highest BCUT2D eigenvalue weighted by atomic mass is 16.3. The van der Waals surface area contributed by atoms with Crippen molar-refractivity contribution >= 4 is 21.9 Å². The Labute approximate surface area is 193 Å². The van der Waals surface area contributed by atoms with Crippen LogP contribution in [-0.2, 0) is 0 Å². The van der Waals surface area contributed by atoms with Crippen LogP contribution in [0.2, 0.25) is 0 Å². The minimum absolute atomic E-state index is 0.285. The maximum absolute atomic E-state index is 6.45. The zero-order valence-corrected chi connectivity index (χ0v) is 18.4. The number of fused-ring (bicyclic) bond motifs is 3. The number of hydrogen-bond donors (Lipinski definition) is 0. The molecule has 0 saturated heterocycles. The number of aromatic nitrogens is 1. The molecule has 0 aliphatic rings. The van der Waals surface area contributed by atoms with Crippen LogP contribution in [0.5, 0.6) is 0 Å². The fraction of sp³-hybridized carbons (Fsp3) is 0.0645. The topological polar surface area (TPSA) is 26.0 Å². The second-order valence-corrected chi connectivity index (χ2v) is 8.44. The van der Waals surface area contributed by atoms with Crippen molar-refractivity contribution in [3.8, 4) is 22.4 Å². The molecule has 0 spiro atoms. The van der Waals surface area contributed by atoms with Gasteiger partial charge >= 0.3 is 0 Å². The molecule has 2 heterocycles. The van der Waals surface area contributed by atoms with Gasteiger partial charge in [-0.15, -0.1) is 0 Å². The van der Waals surface area contributed by atoms with Gasteiger partial charge in [0.15, 0.2) is 0 Å². The molecule has 6 aromatic rings. The lowest BCUT2D eigenvalue weighted by Crippen LogP contribution is -1.97. The maximum Gasteiger partial charge on any atom is 0.144 e. The van der Waals surface area contributed by atoms with E-state index < -0.39 is 0 Å². The van der Waals surface area contributed by atoms with Gasteiger partial charge in [0.05, 0.1) is 5.69 Å². The lowest BCUT2D eigenvalue weighted by Gasteiger charge is -2.13. The van der Waals surface area contributed by atoms with Crippen LogP contribution in [0.1, 0.15) is 24.0 Å². The number of furan rings is 1. The second kappa shape index (κ2) is 8.07. The van der Waals surface area contributed by atoms with Crippen molar-refractivity contribution in [1.82, 2.24) is 4.98 Å². The Morgan fingerprint density at radius 3 is 2.21 bits per heavy atom. The third kappa shape index (κ3) is 3.41. The average Bonchev–Trinajstić information content (AvgIpc) is 3.28. The van der Waals surface area contributed by atoms with Crippen LogP contribution >= 0.6 is 0 Å². The normalized spacial score (nSPS) is 12.3. The van der Waals surface area contributed by atoms with E-state index in [0.717, 1.165) is 33.2 Å². The third-order valence-corrected chi connectivity index (χ3v) is 6.47. The first-order valence-corrected chi connectivity index (χ1v) is 11.3. The summed E-state index contributed by atoms with van der Waals surface area (Å²) in [6.07, 6.45) is 1.90. The number of para-hydroxylation sites is 1. The average molecular weight is 426 g/mol. The van der Waals surface area contributed by atoms with Crippen LogP contribution in [0.3, 0.4) is 0 Å². The van der Waals surface area contributed by atoms with Gasteiger partial charge in [-0.2, -0.15) is 0 Å². The molecule has 158 valence electrons. The van der Waals surface area contributed by atoms with E-state index in [0.29, 0.717) is 0 Å². The Morgan fingerprint density at radius 2 is 1.39 bits per heavy atom. The molecule has 0 aliphatic carbocycles.